The van der Waals surface area contributed by atoms with Gasteiger partial charge in [-0.05, 0) is 0 Å². The van der Waals surface area contributed by atoms with Crippen molar-refractivity contribution in [2.75, 3.05) is 0 Å². The molecule has 230 valence electrons. The van der Waals surface area contributed by atoms with E-state index in [1.807, 2.05) is 0 Å². The van der Waals surface area contributed by atoms with Crippen LogP contribution in [0, 0.1) is 6.92 Å². The van der Waals surface area contributed by atoms with E-state index in [1.165, 1.54) is 52.0 Å². The van der Waals surface area contributed by atoms with E-state index in [1.54, 1.807) is 0 Å². The zero-order valence-electron chi connectivity index (χ0n) is 27.1. The van der Waals surface area contributed by atoms with E-state index in [-0.39, 0.29) is 35.6 Å². The minimum absolute atomic E-state index is 0. The summed E-state index contributed by atoms with van der Waals surface area (Å²) in [7, 11) is 0. The third kappa shape index (κ3) is 5.31. The van der Waals surface area contributed by atoms with Crippen molar-refractivity contribution in [1.29, 1.82) is 0 Å². The molecule has 0 atom stereocenters. The first-order chi connectivity index (χ1) is 19.7. The zero-order valence-corrected chi connectivity index (χ0v) is 31.9. The second-order valence-electron chi connectivity index (χ2n) is 14.7. The summed E-state index contributed by atoms with van der Waals surface area (Å²) in [5.41, 5.74) is 9.80. The maximum atomic E-state index is 6.57. The average Bonchev–Trinajstić information content (AvgIpc) is 3.60. The summed E-state index contributed by atoms with van der Waals surface area (Å²) in [5.74, 6) is 0. The minimum atomic E-state index is -4.85. The molecule has 4 aromatic rings. The predicted molar refractivity (Wildman–Crippen MR) is 197 cm³/mol. The van der Waals surface area contributed by atoms with E-state index in [9.17, 15) is 0 Å². The molecule has 0 unspecified atom stereocenters. The molecule has 4 aromatic carbocycles. The number of fused-ring (bicyclic) bond motifs is 3. The molecule has 0 amide bonds. The molecule has 6 rings (SSSR count). The Labute approximate surface area is 283 Å². The number of benzene rings is 4. The molecule has 4 heteroatoms. The number of aryl methyl sites for hydroxylation is 1. The summed E-state index contributed by atoms with van der Waals surface area (Å²) >= 11 is 1.72. The Morgan fingerprint density at radius 3 is 1.86 bits per heavy atom. The van der Waals surface area contributed by atoms with Gasteiger partial charge in [0.25, 0.3) is 0 Å². The van der Waals surface area contributed by atoms with Gasteiger partial charge in [-0.15, -0.1) is 24.8 Å². The summed E-state index contributed by atoms with van der Waals surface area (Å²) in [4.78, 5) is 0. The van der Waals surface area contributed by atoms with Gasteiger partial charge >= 0.3 is 260 Å². The van der Waals surface area contributed by atoms with Crippen molar-refractivity contribution in [2.24, 2.45) is 0 Å². The molecular weight excluding hydrogens is 678 g/mol. The molecule has 0 saturated carbocycles. The van der Waals surface area contributed by atoms with E-state index in [0.29, 0.717) is 0 Å². The van der Waals surface area contributed by atoms with Crippen LogP contribution in [0.2, 0.25) is 5.02 Å². The van der Waals surface area contributed by atoms with Crippen molar-refractivity contribution in [3.05, 3.63) is 133 Å². The Morgan fingerprint density at radius 1 is 0.727 bits per heavy atom. The van der Waals surface area contributed by atoms with E-state index >= 15 is 0 Å². The van der Waals surface area contributed by atoms with Crippen LogP contribution in [0.1, 0.15) is 75.8 Å². The molecule has 0 bridgehead atoms. The maximum absolute atomic E-state index is 6.57. The van der Waals surface area contributed by atoms with Crippen LogP contribution in [0.5, 0.6) is 0 Å². The Bertz CT molecular complexity index is 1790. The number of hydrogen-bond acceptors (Lipinski definition) is 0. The fraction of sp³-hybridized carbons (Fsp3) is 0.275. The van der Waals surface area contributed by atoms with Gasteiger partial charge in [0.15, 0.2) is 0 Å². The van der Waals surface area contributed by atoms with Gasteiger partial charge < -0.3 is 0 Å². The molecule has 0 N–H and O–H groups in total. The topological polar surface area (TPSA) is 0 Å². The second kappa shape index (κ2) is 12.0. The van der Waals surface area contributed by atoms with Crippen LogP contribution in [-0.2, 0) is 35.5 Å². The first kappa shape index (κ1) is 34.8. The fourth-order valence-electron chi connectivity index (χ4n) is 7.58. The molecular formula is C40H45Cl3Zr. The third-order valence-corrected chi connectivity index (χ3v) is 26.6. The Balaban J connectivity index is 0.00000221. The molecule has 2 aliphatic carbocycles. The van der Waals surface area contributed by atoms with Crippen molar-refractivity contribution in [2.45, 2.75) is 72.1 Å². The van der Waals surface area contributed by atoms with Gasteiger partial charge in [0.05, 0.1) is 0 Å². The summed E-state index contributed by atoms with van der Waals surface area (Å²) in [5, 5.41) is 0.765. The zero-order chi connectivity index (χ0) is 30.1. The summed E-state index contributed by atoms with van der Waals surface area (Å²) in [6, 6.07) is 30.1. The number of hydrogen-bond donors (Lipinski definition) is 0. The quantitative estimate of drug-likeness (QED) is 0.173. The number of rotatable bonds is 4. The van der Waals surface area contributed by atoms with Crippen LogP contribution >= 0.6 is 36.4 Å². The normalized spacial score (nSPS) is 14.3. The van der Waals surface area contributed by atoms with Gasteiger partial charge in [-0.25, -0.2) is 0 Å². The fourth-order valence-corrected chi connectivity index (χ4v) is 24.3. The molecule has 44 heavy (non-hydrogen) atoms. The van der Waals surface area contributed by atoms with Gasteiger partial charge in [0, 0.05) is 0 Å². The van der Waals surface area contributed by atoms with Crippen molar-refractivity contribution in [1.82, 2.24) is 0 Å². The molecule has 0 spiro atoms. The molecule has 2 aliphatic rings. The van der Waals surface area contributed by atoms with Crippen LogP contribution in [0.3, 0.4) is 0 Å². The van der Waals surface area contributed by atoms with Crippen molar-refractivity contribution in [3.8, 4) is 11.1 Å². The van der Waals surface area contributed by atoms with Gasteiger partial charge in [-0.1, -0.05) is 0 Å². The average molecular weight is 723 g/mol. The molecule has 0 nitrogen and oxygen atoms in total. The first-order valence-electron chi connectivity index (χ1n) is 15.3. The SMILES string of the molecule is Cl.Cl.[CH2]=[Zr]([C]1=CC=CC1)([c]1ccc(C)cc1)([c]1ccc(Cl)cc1)[c]1c(C(C)(C)C)ccc2c1Cc1cc(C(C)(C)C)ccc1-2. The van der Waals surface area contributed by atoms with Crippen LogP contribution < -0.4 is 9.81 Å². The summed E-state index contributed by atoms with van der Waals surface area (Å²) in [6.07, 6.45) is 8.84. The molecule has 0 aromatic heterocycles. The summed E-state index contributed by atoms with van der Waals surface area (Å²) < 4.78 is 11.4. The Morgan fingerprint density at radius 2 is 1.32 bits per heavy atom. The van der Waals surface area contributed by atoms with E-state index in [2.05, 4.69) is 146 Å². The predicted octanol–water partition coefficient (Wildman–Crippen LogP) is 9.90. The van der Waals surface area contributed by atoms with Gasteiger partial charge in [-0.2, -0.15) is 0 Å². The standard InChI is InChI=1S/C21H25.C7H7.C6H4Cl.C5H5.CH2.2ClH.Zr/c1-20(2,3)16-7-9-18-14(12-16)11-15-13-17(21(4,5)6)8-10-19(15)18;1-7-5-3-2-4-6-7;7-6-4-2-1-3-5-6;1-2-4-5-3-1;;;;/h7-10,12H,11H2,1-6H3;3-6H,1H3;2-5H;1-3H,4H2;1H2;2*1H;. The third-order valence-electron chi connectivity index (χ3n) is 9.95. The van der Waals surface area contributed by atoms with Crippen molar-refractivity contribution < 1.29 is 18.3 Å². The number of halogens is 3. The summed E-state index contributed by atoms with van der Waals surface area (Å²) in [6.45, 7) is 16.2. The van der Waals surface area contributed by atoms with E-state index < -0.39 is 18.3 Å². The van der Waals surface area contributed by atoms with Crippen LogP contribution in [0.15, 0.2) is 100 Å². The Kier molecular flexibility index (Phi) is 9.48. The van der Waals surface area contributed by atoms with Gasteiger partial charge in [0.2, 0.25) is 0 Å². The van der Waals surface area contributed by atoms with Crippen LogP contribution in [-0.4, -0.2) is 4.21 Å². The molecule has 0 saturated heterocycles. The number of allylic oxidation sites excluding steroid dienone is 4. The van der Waals surface area contributed by atoms with E-state index in [0.717, 1.165) is 17.9 Å². The molecule has 0 radical (unpaired) electrons. The molecule has 0 fully saturated rings. The van der Waals surface area contributed by atoms with Crippen LogP contribution in [0.4, 0.5) is 0 Å². The van der Waals surface area contributed by atoms with Gasteiger partial charge in [-0.3, -0.25) is 0 Å². The monoisotopic (exact) mass is 720 g/mol. The van der Waals surface area contributed by atoms with E-state index in [4.69, 9.17) is 15.8 Å². The molecule has 0 aliphatic heterocycles. The van der Waals surface area contributed by atoms with Crippen molar-refractivity contribution in [3.63, 3.8) is 0 Å². The van der Waals surface area contributed by atoms with Crippen molar-refractivity contribution >= 4 is 50.4 Å². The van der Waals surface area contributed by atoms with Gasteiger partial charge in [0.1, 0.15) is 0 Å². The Hall–Kier alpha value is -2.02. The van der Waals surface area contributed by atoms with Crippen LogP contribution in [0.25, 0.3) is 11.1 Å². The molecule has 0 heterocycles. The first-order valence-corrected chi connectivity index (χ1v) is 22.3. The second-order valence-corrected chi connectivity index (χ2v) is 28.0.